The Morgan fingerprint density at radius 1 is 1.33 bits per heavy atom. The largest absolute Gasteiger partial charge is 1.00 e. The zero-order valence-corrected chi connectivity index (χ0v) is 10.7. The molecule has 0 radical (unpaired) electrons. The van der Waals surface area contributed by atoms with Gasteiger partial charge < -0.3 is 17.8 Å². The van der Waals surface area contributed by atoms with E-state index >= 15 is 0 Å². The minimum absolute atomic E-state index is 0. The molecule has 0 bridgehead atoms. The molecule has 1 rings (SSSR count). The zero-order valence-electron chi connectivity index (χ0n) is 7.56. The van der Waals surface area contributed by atoms with E-state index in [1.807, 2.05) is 0 Å². The van der Waals surface area contributed by atoms with Crippen LogP contribution in [-0.2, 0) is 0 Å². The molecule has 6 heteroatoms. The third-order valence-corrected chi connectivity index (χ3v) is 2.19. The summed E-state index contributed by atoms with van der Waals surface area (Å²) in [5.41, 5.74) is 0. The van der Waals surface area contributed by atoms with Crippen LogP contribution in [0.2, 0.25) is 0 Å². The van der Waals surface area contributed by atoms with Crippen molar-refractivity contribution < 1.29 is 64.3 Å². The third-order valence-electron chi connectivity index (χ3n) is 2.19. The molecule has 0 atom stereocenters. The van der Waals surface area contributed by atoms with Crippen molar-refractivity contribution in [1.82, 2.24) is 4.90 Å². The molecule has 0 aromatic heterocycles. The first kappa shape index (κ1) is 13.5. The van der Waals surface area contributed by atoms with E-state index in [1.165, 1.54) is 4.90 Å². The minimum Gasteiger partial charge on any atom is -0.448 e. The van der Waals surface area contributed by atoms with E-state index in [0.29, 0.717) is 0 Å². The van der Waals surface area contributed by atoms with Crippen molar-refractivity contribution in [3.63, 3.8) is 0 Å². The Morgan fingerprint density at radius 2 is 1.83 bits per heavy atom. The van der Waals surface area contributed by atoms with E-state index < -0.39 is 13.4 Å². The first-order valence-corrected chi connectivity index (χ1v) is 3.90. The van der Waals surface area contributed by atoms with Gasteiger partial charge in [0.1, 0.15) is 0 Å². The van der Waals surface area contributed by atoms with E-state index in [1.54, 1.807) is 7.05 Å². The van der Waals surface area contributed by atoms with E-state index in [4.69, 9.17) is 0 Å². The standard InChI is InChI=1S/C6H12BF3N.K/c1-11(5-7(8,9)10)6-3-2-4-6;/h6H,2-5H2,1H3;/q-1;+1. The Kier molecular flexibility index (Phi) is 6.01. The van der Waals surface area contributed by atoms with Gasteiger partial charge in [-0.15, -0.1) is 0 Å². The maximum absolute atomic E-state index is 11.8. The zero-order chi connectivity index (χ0) is 8.48. The quantitative estimate of drug-likeness (QED) is 0.526. The monoisotopic (exact) mass is 205 g/mol. The van der Waals surface area contributed by atoms with Crippen molar-refractivity contribution in [2.24, 2.45) is 0 Å². The summed E-state index contributed by atoms with van der Waals surface area (Å²) < 4.78 is 35.5. The summed E-state index contributed by atoms with van der Waals surface area (Å²) in [6.07, 6.45) is 2.25. The van der Waals surface area contributed by atoms with Crippen LogP contribution in [0.3, 0.4) is 0 Å². The topological polar surface area (TPSA) is 3.24 Å². The first-order valence-electron chi connectivity index (χ1n) is 3.90. The maximum atomic E-state index is 11.8. The second-order valence-electron chi connectivity index (χ2n) is 3.23. The van der Waals surface area contributed by atoms with Crippen molar-refractivity contribution in [2.45, 2.75) is 25.3 Å². The molecule has 1 aliphatic rings. The van der Waals surface area contributed by atoms with Gasteiger partial charge in [-0.1, -0.05) is 6.42 Å². The summed E-state index contributed by atoms with van der Waals surface area (Å²) >= 11 is 0. The third kappa shape index (κ3) is 4.62. The van der Waals surface area contributed by atoms with Crippen molar-refractivity contribution >= 4 is 6.98 Å². The van der Waals surface area contributed by atoms with Crippen LogP contribution in [0.4, 0.5) is 12.9 Å². The molecule has 0 heterocycles. The van der Waals surface area contributed by atoms with Gasteiger partial charge in [0.15, 0.2) is 0 Å². The van der Waals surface area contributed by atoms with Gasteiger partial charge in [0, 0.05) is 6.04 Å². The van der Waals surface area contributed by atoms with Gasteiger partial charge in [0.05, 0.1) is 0 Å². The Labute approximate surface area is 114 Å². The van der Waals surface area contributed by atoms with E-state index in [2.05, 4.69) is 0 Å². The molecule has 0 aliphatic heterocycles. The Morgan fingerprint density at radius 3 is 2.08 bits per heavy atom. The van der Waals surface area contributed by atoms with Gasteiger partial charge >= 0.3 is 58.4 Å². The summed E-state index contributed by atoms with van der Waals surface area (Å²) in [5, 5.41) is 0. The fraction of sp³-hybridized carbons (Fsp3) is 1.00. The minimum atomic E-state index is -4.62. The SMILES string of the molecule is CN(C[B-](F)(F)F)C1CCC1.[K+]. The maximum Gasteiger partial charge on any atom is 1.00 e. The summed E-state index contributed by atoms with van der Waals surface area (Å²) in [6.45, 7) is -4.62. The van der Waals surface area contributed by atoms with Crippen molar-refractivity contribution in [2.75, 3.05) is 13.5 Å². The number of halogens is 3. The van der Waals surface area contributed by atoms with Crippen molar-refractivity contribution in [1.29, 1.82) is 0 Å². The molecule has 0 saturated heterocycles. The molecule has 0 unspecified atom stereocenters. The summed E-state index contributed by atoms with van der Waals surface area (Å²) in [7, 11) is 1.55. The van der Waals surface area contributed by atoms with Crippen molar-refractivity contribution in [3.8, 4) is 0 Å². The first-order chi connectivity index (χ1) is 4.99. The molecule has 0 amide bonds. The molecule has 0 aromatic carbocycles. The molecule has 1 aliphatic carbocycles. The van der Waals surface area contributed by atoms with Crippen LogP contribution in [0.1, 0.15) is 19.3 Å². The van der Waals surface area contributed by atoms with Gasteiger partial charge in [0.25, 0.3) is 0 Å². The number of rotatable bonds is 3. The molecular formula is C6H12BF3KN. The molecule has 1 saturated carbocycles. The van der Waals surface area contributed by atoms with E-state index in [-0.39, 0.29) is 57.4 Å². The van der Waals surface area contributed by atoms with Crippen LogP contribution in [0.15, 0.2) is 0 Å². The van der Waals surface area contributed by atoms with E-state index in [0.717, 1.165) is 19.3 Å². The average molecular weight is 205 g/mol. The second-order valence-corrected chi connectivity index (χ2v) is 3.23. The second kappa shape index (κ2) is 5.36. The van der Waals surface area contributed by atoms with Crippen molar-refractivity contribution in [3.05, 3.63) is 0 Å². The van der Waals surface area contributed by atoms with Gasteiger partial charge in [0.2, 0.25) is 0 Å². The Hall–Kier alpha value is 1.45. The molecule has 0 N–H and O–H groups in total. The summed E-state index contributed by atoms with van der Waals surface area (Å²) in [5.74, 6) is 0. The molecule has 0 spiro atoms. The number of hydrogen-bond acceptors (Lipinski definition) is 1. The average Bonchev–Trinajstić information content (AvgIpc) is 1.50. The van der Waals surface area contributed by atoms with Crippen LogP contribution >= 0.6 is 0 Å². The fourth-order valence-electron chi connectivity index (χ4n) is 1.30. The van der Waals surface area contributed by atoms with Crippen LogP contribution < -0.4 is 51.4 Å². The molecule has 1 fully saturated rings. The van der Waals surface area contributed by atoms with Gasteiger partial charge in [-0.3, -0.25) is 0 Å². The predicted octanol–water partition coefficient (Wildman–Crippen LogP) is -1.14. The molecule has 66 valence electrons. The number of nitrogens with zero attached hydrogens (tertiary/aromatic N) is 1. The van der Waals surface area contributed by atoms with Gasteiger partial charge in [-0.05, 0) is 26.3 Å². The predicted molar refractivity (Wildman–Crippen MR) is 39.3 cm³/mol. The summed E-state index contributed by atoms with van der Waals surface area (Å²) in [4.78, 5) is 1.42. The Balaban J connectivity index is 0.00000121. The molecule has 12 heavy (non-hydrogen) atoms. The number of hydrogen-bond donors (Lipinski definition) is 0. The van der Waals surface area contributed by atoms with Gasteiger partial charge in [-0.25, -0.2) is 0 Å². The molecule has 0 aromatic rings. The molecular weight excluding hydrogens is 193 g/mol. The van der Waals surface area contributed by atoms with Crippen LogP contribution in [0.25, 0.3) is 0 Å². The van der Waals surface area contributed by atoms with E-state index in [9.17, 15) is 12.9 Å². The fourth-order valence-corrected chi connectivity index (χ4v) is 1.30. The van der Waals surface area contributed by atoms with Crippen LogP contribution in [-0.4, -0.2) is 31.4 Å². The van der Waals surface area contributed by atoms with Gasteiger partial charge in [-0.2, -0.15) is 0 Å². The Bertz CT molecular complexity index is 137. The normalized spacial score (nSPS) is 18.8. The smallest absolute Gasteiger partial charge is 0.448 e. The molecule has 1 nitrogen and oxygen atoms in total. The summed E-state index contributed by atoms with van der Waals surface area (Å²) in [6, 6.07) is 0.193. The van der Waals surface area contributed by atoms with Crippen LogP contribution in [0.5, 0.6) is 0 Å². The van der Waals surface area contributed by atoms with Crippen LogP contribution in [0, 0.1) is 0 Å².